The molecule has 2 aliphatic rings. The first-order chi connectivity index (χ1) is 16.7. The molecule has 0 aliphatic heterocycles. The Kier molecular flexibility index (Phi) is 9.47. The number of primary amides is 1. The van der Waals surface area contributed by atoms with E-state index in [0.29, 0.717) is 35.5 Å². The zero-order valence-corrected chi connectivity index (χ0v) is 21.7. The van der Waals surface area contributed by atoms with Crippen molar-refractivity contribution in [1.82, 2.24) is 25.9 Å². The van der Waals surface area contributed by atoms with Crippen LogP contribution < -0.4 is 27.4 Å². The van der Waals surface area contributed by atoms with Gasteiger partial charge in [-0.2, -0.15) is 23.5 Å². The van der Waals surface area contributed by atoms with Gasteiger partial charge in [-0.05, 0) is 55.8 Å². The SMILES string of the molecule is CSCC[C@H](NC(=O)[C@H](Cc1cnc[nH]1)NC(=O)CNC(=O)C1(N)CC2CC(SC)C1C2)C(N)=O. The molecule has 0 saturated heterocycles. The number of hydrogen-bond acceptors (Lipinski definition) is 8. The highest BCUT2D eigenvalue weighted by Crippen LogP contribution is 2.53. The van der Waals surface area contributed by atoms with Crippen molar-refractivity contribution in [2.75, 3.05) is 24.8 Å². The van der Waals surface area contributed by atoms with Gasteiger partial charge < -0.3 is 32.4 Å². The van der Waals surface area contributed by atoms with Crippen LogP contribution in [0.3, 0.4) is 0 Å². The molecule has 2 bridgehead atoms. The number of aromatic nitrogens is 2. The molecule has 3 rings (SSSR count). The largest absolute Gasteiger partial charge is 0.368 e. The van der Waals surface area contributed by atoms with E-state index in [4.69, 9.17) is 11.5 Å². The molecule has 1 aromatic rings. The maximum Gasteiger partial charge on any atom is 0.243 e. The normalized spacial score (nSPS) is 26.7. The van der Waals surface area contributed by atoms with E-state index in [1.54, 1.807) is 18.0 Å². The third kappa shape index (κ3) is 6.70. The van der Waals surface area contributed by atoms with E-state index in [-0.39, 0.29) is 24.8 Å². The van der Waals surface area contributed by atoms with E-state index in [2.05, 4.69) is 25.9 Å². The van der Waals surface area contributed by atoms with Gasteiger partial charge in [0, 0.05) is 23.6 Å². The molecule has 6 atom stereocenters. The van der Waals surface area contributed by atoms with Crippen LogP contribution in [0.2, 0.25) is 0 Å². The summed E-state index contributed by atoms with van der Waals surface area (Å²) < 4.78 is 0. The Morgan fingerprint density at radius 2 is 2.00 bits per heavy atom. The molecule has 2 aliphatic carbocycles. The highest BCUT2D eigenvalue weighted by Gasteiger charge is 2.57. The first-order valence-electron chi connectivity index (χ1n) is 11.6. The van der Waals surface area contributed by atoms with Crippen molar-refractivity contribution in [3.63, 3.8) is 0 Å². The summed E-state index contributed by atoms with van der Waals surface area (Å²) in [6, 6.07) is -1.85. The molecule has 11 nitrogen and oxygen atoms in total. The second kappa shape index (κ2) is 12.1. The summed E-state index contributed by atoms with van der Waals surface area (Å²) in [6.45, 7) is -0.308. The van der Waals surface area contributed by atoms with Gasteiger partial charge in [0.15, 0.2) is 0 Å². The zero-order chi connectivity index (χ0) is 25.6. The lowest BCUT2D eigenvalue weighted by Gasteiger charge is -2.36. The number of imidazole rings is 1. The smallest absolute Gasteiger partial charge is 0.243 e. The van der Waals surface area contributed by atoms with Crippen LogP contribution in [0.4, 0.5) is 0 Å². The number of nitrogens with two attached hydrogens (primary N) is 2. The van der Waals surface area contributed by atoms with Crippen molar-refractivity contribution in [3.8, 4) is 0 Å². The zero-order valence-electron chi connectivity index (χ0n) is 20.0. The Morgan fingerprint density at radius 3 is 2.60 bits per heavy atom. The summed E-state index contributed by atoms with van der Waals surface area (Å²) >= 11 is 3.27. The third-order valence-electron chi connectivity index (χ3n) is 6.93. The predicted molar refractivity (Wildman–Crippen MR) is 136 cm³/mol. The molecule has 2 fully saturated rings. The lowest BCUT2D eigenvalue weighted by atomic mass is 9.80. The number of carbonyl (C=O) groups excluding carboxylic acids is 4. The fraction of sp³-hybridized carbons (Fsp3) is 0.682. The Balaban J connectivity index is 1.59. The second-order valence-electron chi connectivity index (χ2n) is 9.29. The summed E-state index contributed by atoms with van der Waals surface area (Å²) in [5.74, 6) is -0.891. The fourth-order valence-electron chi connectivity index (χ4n) is 5.15. The van der Waals surface area contributed by atoms with Crippen LogP contribution >= 0.6 is 23.5 Å². The van der Waals surface area contributed by atoms with Crippen LogP contribution in [0.1, 0.15) is 31.4 Å². The Bertz CT molecular complexity index is 916. The topological polar surface area (TPSA) is 185 Å². The van der Waals surface area contributed by atoms with Crippen LogP contribution in [-0.2, 0) is 25.6 Å². The molecule has 35 heavy (non-hydrogen) atoms. The quantitative estimate of drug-likeness (QED) is 0.192. The molecular formula is C22H35N7O4S2. The number of nitrogens with one attached hydrogen (secondary N) is 4. The monoisotopic (exact) mass is 525 g/mol. The van der Waals surface area contributed by atoms with Gasteiger partial charge in [0.25, 0.3) is 0 Å². The van der Waals surface area contributed by atoms with Crippen molar-refractivity contribution in [3.05, 3.63) is 18.2 Å². The number of hydrogen-bond donors (Lipinski definition) is 6. The van der Waals surface area contributed by atoms with Gasteiger partial charge >= 0.3 is 0 Å². The number of fused-ring (bicyclic) bond motifs is 2. The fourth-order valence-corrected chi connectivity index (χ4v) is 6.77. The van der Waals surface area contributed by atoms with Gasteiger partial charge in [-0.1, -0.05) is 0 Å². The highest BCUT2D eigenvalue weighted by molar-refractivity contribution is 7.99. The van der Waals surface area contributed by atoms with Gasteiger partial charge in [-0.25, -0.2) is 4.98 Å². The lowest BCUT2D eigenvalue weighted by molar-refractivity contribution is -0.133. The molecule has 13 heteroatoms. The number of thioether (sulfide) groups is 2. The second-order valence-corrected chi connectivity index (χ2v) is 11.4. The summed E-state index contributed by atoms with van der Waals surface area (Å²) in [5.41, 5.74) is 11.6. The summed E-state index contributed by atoms with van der Waals surface area (Å²) in [7, 11) is 0. The van der Waals surface area contributed by atoms with E-state index in [1.807, 2.05) is 12.5 Å². The van der Waals surface area contributed by atoms with Crippen LogP contribution in [0.15, 0.2) is 12.5 Å². The van der Waals surface area contributed by atoms with Gasteiger partial charge in [0.2, 0.25) is 23.6 Å². The van der Waals surface area contributed by atoms with E-state index in [0.717, 1.165) is 12.8 Å². The first-order valence-corrected chi connectivity index (χ1v) is 14.3. The molecule has 4 unspecified atom stereocenters. The minimum atomic E-state index is -0.994. The minimum Gasteiger partial charge on any atom is -0.368 e. The number of aromatic amines is 1. The Labute approximate surface area is 213 Å². The van der Waals surface area contributed by atoms with Gasteiger partial charge in [0.05, 0.1) is 18.4 Å². The van der Waals surface area contributed by atoms with Crippen molar-refractivity contribution in [2.24, 2.45) is 23.3 Å². The molecule has 4 amide bonds. The molecule has 1 heterocycles. The Hall–Kier alpha value is -2.25. The molecule has 0 radical (unpaired) electrons. The minimum absolute atomic E-state index is 0.0940. The summed E-state index contributed by atoms with van der Waals surface area (Å²) in [6.07, 6.45) is 10.1. The van der Waals surface area contributed by atoms with E-state index < -0.39 is 35.3 Å². The maximum atomic E-state index is 13.0. The third-order valence-corrected chi connectivity index (χ3v) is 8.70. The van der Waals surface area contributed by atoms with Crippen molar-refractivity contribution in [2.45, 2.75) is 55.0 Å². The van der Waals surface area contributed by atoms with Crippen LogP contribution in [0.25, 0.3) is 0 Å². The highest BCUT2D eigenvalue weighted by atomic mass is 32.2. The van der Waals surface area contributed by atoms with E-state index in [9.17, 15) is 19.2 Å². The van der Waals surface area contributed by atoms with E-state index >= 15 is 0 Å². The average molecular weight is 526 g/mol. The molecule has 2 saturated carbocycles. The standard InChI is InChI=1S/C22H35N7O4S2/c1-34-4-3-15(19(23)31)29-20(32)16(7-13-9-25-11-27-13)28-18(30)10-26-21(33)22(24)8-12-5-14(22)17(6-12)35-2/h9,11-12,14-17H,3-8,10,24H2,1-2H3,(H2,23,31)(H,25,27)(H,26,33)(H,28,30)(H,29,32)/t12?,14?,15-,16-,17?,22?/m0/s1. The number of H-pyrrole nitrogens is 1. The van der Waals surface area contributed by atoms with Gasteiger partial charge in [-0.15, -0.1) is 0 Å². The van der Waals surface area contributed by atoms with Crippen molar-refractivity contribution >= 4 is 47.2 Å². The molecule has 194 valence electrons. The summed E-state index contributed by atoms with van der Waals surface area (Å²) in [4.78, 5) is 57.2. The summed E-state index contributed by atoms with van der Waals surface area (Å²) in [5, 5.41) is 8.30. The van der Waals surface area contributed by atoms with Crippen molar-refractivity contribution in [1.29, 1.82) is 0 Å². The average Bonchev–Trinajstić information content (AvgIpc) is 3.56. The molecule has 8 N–H and O–H groups in total. The van der Waals surface area contributed by atoms with Crippen LogP contribution in [-0.4, -0.2) is 81.3 Å². The van der Waals surface area contributed by atoms with E-state index in [1.165, 1.54) is 18.1 Å². The number of rotatable bonds is 13. The molecular weight excluding hydrogens is 490 g/mol. The van der Waals surface area contributed by atoms with Crippen LogP contribution in [0, 0.1) is 11.8 Å². The van der Waals surface area contributed by atoms with Crippen molar-refractivity contribution < 1.29 is 19.2 Å². The number of nitrogens with zero attached hydrogens (tertiary/aromatic N) is 1. The molecule has 0 spiro atoms. The molecule has 0 aromatic carbocycles. The molecule has 1 aromatic heterocycles. The van der Waals surface area contributed by atoms with Crippen LogP contribution in [0.5, 0.6) is 0 Å². The number of carbonyl (C=O) groups is 4. The predicted octanol–water partition coefficient (Wildman–Crippen LogP) is -0.865. The van der Waals surface area contributed by atoms with Gasteiger partial charge in [0.1, 0.15) is 12.1 Å². The first kappa shape index (κ1) is 27.3. The number of amides is 4. The maximum absolute atomic E-state index is 13.0. The Morgan fingerprint density at radius 1 is 1.23 bits per heavy atom. The lowest BCUT2D eigenvalue weighted by Crippen LogP contribution is -2.61. The van der Waals surface area contributed by atoms with Gasteiger partial charge in [-0.3, -0.25) is 19.2 Å².